The molecule has 0 fully saturated rings. The van der Waals surface area contributed by atoms with E-state index in [0.29, 0.717) is 15.3 Å². The molecule has 2 aromatic carbocycles. The van der Waals surface area contributed by atoms with Crippen molar-refractivity contribution in [3.8, 4) is 0 Å². The van der Waals surface area contributed by atoms with Gasteiger partial charge in [-0.1, -0.05) is 23.5 Å². The van der Waals surface area contributed by atoms with E-state index in [9.17, 15) is 9.18 Å². The summed E-state index contributed by atoms with van der Waals surface area (Å²) in [5, 5.41) is 3.89. The van der Waals surface area contributed by atoms with Gasteiger partial charge in [0.05, 0.1) is 20.4 Å². The lowest BCUT2D eigenvalue weighted by atomic mass is 10.3. The number of nitrogens with zero attached hydrogens (tertiary/aromatic N) is 2. The number of halogens is 1. The van der Waals surface area contributed by atoms with Crippen molar-refractivity contribution in [2.75, 3.05) is 5.32 Å². The predicted octanol–water partition coefficient (Wildman–Crippen LogP) is 4.70. The van der Waals surface area contributed by atoms with Crippen molar-refractivity contribution in [1.82, 2.24) is 9.97 Å². The number of benzene rings is 2. The molecule has 0 spiro atoms. The van der Waals surface area contributed by atoms with Crippen LogP contribution in [0.2, 0.25) is 0 Å². The number of carbonyl (C=O) groups excluding carboxylic acids is 1. The van der Waals surface area contributed by atoms with Gasteiger partial charge in [0, 0.05) is 6.08 Å². The lowest BCUT2D eigenvalue weighted by Gasteiger charge is -1.94. The summed E-state index contributed by atoms with van der Waals surface area (Å²) in [6.45, 7) is 0. The van der Waals surface area contributed by atoms with Gasteiger partial charge in [-0.2, -0.15) is 0 Å². The fraction of sp³-hybridized carbons (Fsp3) is 0. The second-order valence-corrected chi connectivity index (χ2v) is 7.07. The molecule has 0 atom stereocenters. The third kappa shape index (κ3) is 3.04. The van der Waals surface area contributed by atoms with Crippen LogP contribution >= 0.6 is 22.7 Å². The van der Waals surface area contributed by atoms with Gasteiger partial charge in [-0.05, 0) is 36.4 Å². The van der Waals surface area contributed by atoms with E-state index in [0.717, 1.165) is 15.2 Å². The quantitative estimate of drug-likeness (QED) is 0.542. The van der Waals surface area contributed by atoms with Gasteiger partial charge in [0.25, 0.3) is 0 Å². The molecule has 0 bridgehead atoms. The highest BCUT2D eigenvalue weighted by molar-refractivity contribution is 7.22. The molecular formula is C17H10FN3OS2. The number of thiazole rings is 2. The molecule has 0 aliphatic rings. The topological polar surface area (TPSA) is 54.9 Å². The molecule has 24 heavy (non-hydrogen) atoms. The van der Waals surface area contributed by atoms with Crippen LogP contribution in [0.1, 0.15) is 5.01 Å². The van der Waals surface area contributed by atoms with Gasteiger partial charge in [-0.25, -0.2) is 14.4 Å². The zero-order chi connectivity index (χ0) is 16.5. The van der Waals surface area contributed by atoms with Crippen molar-refractivity contribution in [2.24, 2.45) is 0 Å². The Balaban J connectivity index is 1.50. The molecule has 0 radical (unpaired) electrons. The van der Waals surface area contributed by atoms with E-state index in [1.807, 2.05) is 24.3 Å². The van der Waals surface area contributed by atoms with Gasteiger partial charge in [0.1, 0.15) is 10.8 Å². The number of anilines is 1. The Hall–Kier alpha value is -2.64. The highest BCUT2D eigenvalue weighted by atomic mass is 32.1. The molecule has 118 valence electrons. The van der Waals surface area contributed by atoms with Crippen molar-refractivity contribution in [2.45, 2.75) is 0 Å². The van der Waals surface area contributed by atoms with Crippen molar-refractivity contribution < 1.29 is 9.18 Å². The Bertz CT molecular complexity index is 1050. The molecule has 0 saturated carbocycles. The first-order valence-corrected chi connectivity index (χ1v) is 8.71. The molecular weight excluding hydrogens is 345 g/mol. The standard InChI is InChI=1S/C17H10FN3OS2/c18-10-5-6-12-14(9-10)24-17(20-12)21-15(22)7-8-16-19-11-3-1-2-4-13(11)23-16/h1-9H,(H,20,21,22)/b8-7+. The number of nitrogens with one attached hydrogen (secondary N) is 1. The fourth-order valence-corrected chi connectivity index (χ4v) is 3.97. The zero-order valence-corrected chi connectivity index (χ0v) is 13.8. The Morgan fingerprint density at radius 3 is 2.75 bits per heavy atom. The Labute approximate surface area is 144 Å². The number of para-hydroxylation sites is 1. The minimum Gasteiger partial charge on any atom is -0.298 e. The average molecular weight is 355 g/mol. The van der Waals surface area contributed by atoms with E-state index >= 15 is 0 Å². The Morgan fingerprint density at radius 2 is 1.88 bits per heavy atom. The third-order valence-electron chi connectivity index (χ3n) is 3.27. The van der Waals surface area contributed by atoms with Gasteiger partial charge in [-0.3, -0.25) is 10.1 Å². The normalized spacial score (nSPS) is 11.5. The van der Waals surface area contributed by atoms with E-state index in [4.69, 9.17) is 0 Å². The molecule has 7 heteroatoms. The van der Waals surface area contributed by atoms with Crippen molar-refractivity contribution in [3.05, 3.63) is 59.4 Å². The van der Waals surface area contributed by atoms with Crippen molar-refractivity contribution >= 4 is 60.2 Å². The summed E-state index contributed by atoms with van der Waals surface area (Å²) >= 11 is 2.75. The maximum atomic E-state index is 13.2. The van der Waals surface area contributed by atoms with Crippen LogP contribution in [0.25, 0.3) is 26.5 Å². The molecule has 0 unspecified atom stereocenters. The molecule has 4 nitrogen and oxygen atoms in total. The van der Waals surface area contributed by atoms with Gasteiger partial charge in [0.2, 0.25) is 5.91 Å². The average Bonchev–Trinajstić information content (AvgIpc) is 3.15. The van der Waals surface area contributed by atoms with Crippen LogP contribution in [0, 0.1) is 5.82 Å². The Morgan fingerprint density at radius 1 is 1.04 bits per heavy atom. The number of hydrogen-bond acceptors (Lipinski definition) is 5. The van der Waals surface area contributed by atoms with Gasteiger partial charge >= 0.3 is 0 Å². The first-order valence-electron chi connectivity index (χ1n) is 7.08. The van der Waals surface area contributed by atoms with Crippen LogP contribution in [0.3, 0.4) is 0 Å². The molecule has 1 amide bonds. The van der Waals surface area contributed by atoms with Gasteiger partial charge in [-0.15, -0.1) is 11.3 Å². The molecule has 2 aromatic heterocycles. The molecule has 1 N–H and O–H groups in total. The summed E-state index contributed by atoms with van der Waals surface area (Å²) in [5.41, 5.74) is 1.57. The second-order valence-electron chi connectivity index (χ2n) is 4.97. The number of aromatic nitrogens is 2. The van der Waals surface area contributed by atoms with Crippen LogP contribution in [0.15, 0.2) is 48.5 Å². The Kier molecular flexibility index (Phi) is 3.79. The largest absolute Gasteiger partial charge is 0.298 e. The monoisotopic (exact) mass is 355 g/mol. The molecule has 2 heterocycles. The summed E-state index contributed by atoms with van der Waals surface area (Å²) in [5.74, 6) is -0.617. The maximum absolute atomic E-state index is 13.2. The number of amides is 1. The van der Waals surface area contributed by atoms with Crippen LogP contribution < -0.4 is 5.32 Å². The van der Waals surface area contributed by atoms with Gasteiger partial charge < -0.3 is 0 Å². The zero-order valence-electron chi connectivity index (χ0n) is 12.2. The molecule has 0 aliphatic carbocycles. The summed E-state index contributed by atoms with van der Waals surface area (Å²) < 4.78 is 14.9. The fourth-order valence-electron chi connectivity index (χ4n) is 2.21. The smallest absolute Gasteiger partial charge is 0.250 e. The lowest BCUT2D eigenvalue weighted by Crippen LogP contribution is -2.07. The summed E-state index contributed by atoms with van der Waals surface area (Å²) in [6.07, 6.45) is 3.09. The first-order chi connectivity index (χ1) is 11.7. The van der Waals surface area contributed by atoms with E-state index in [2.05, 4.69) is 15.3 Å². The minimum absolute atomic E-state index is 0.297. The van der Waals surface area contributed by atoms with Crippen LogP contribution in [-0.4, -0.2) is 15.9 Å². The highest BCUT2D eigenvalue weighted by Crippen LogP contribution is 2.26. The van der Waals surface area contributed by atoms with Crippen LogP contribution in [-0.2, 0) is 4.79 Å². The summed E-state index contributed by atoms with van der Waals surface area (Å²) in [6, 6.07) is 12.1. The van der Waals surface area contributed by atoms with E-state index in [-0.39, 0.29) is 11.7 Å². The first kappa shape index (κ1) is 14.9. The third-order valence-corrected chi connectivity index (χ3v) is 5.20. The van der Waals surface area contributed by atoms with E-state index in [1.165, 1.54) is 40.9 Å². The predicted molar refractivity (Wildman–Crippen MR) is 96.9 cm³/mol. The molecule has 0 saturated heterocycles. The van der Waals surface area contributed by atoms with Gasteiger partial charge in [0.15, 0.2) is 5.13 Å². The molecule has 4 rings (SSSR count). The summed E-state index contributed by atoms with van der Waals surface area (Å²) in [4.78, 5) is 20.7. The number of fused-ring (bicyclic) bond motifs is 2. The van der Waals surface area contributed by atoms with Crippen LogP contribution in [0.4, 0.5) is 9.52 Å². The number of rotatable bonds is 3. The van der Waals surface area contributed by atoms with E-state index < -0.39 is 0 Å². The SMILES string of the molecule is O=C(/C=C/c1nc2ccccc2s1)Nc1nc2ccc(F)cc2s1. The maximum Gasteiger partial charge on any atom is 0.250 e. The second kappa shape index (κ2) is 6.10. The van der Waals surface area contributed by atoms with Crippen molar-refractivity contribution in [3.63, 3.8) is 0 Å². The summed E-state index contributed by atoms with van der Waals surface area (Å²) in [7, 11) is 0. The van der Waals surface area contributed by atoms with E-state index in [1.54, 1.807) is 12.1 Å². The molecule has 0 aliphatic heterocycles. The lowest BCUT2D eigenvalue weighted by molar-refractivity contribution is -0.111. The van der Waals surface area contributed by atoms with Crippen LogP contribution in [0.5, 0.6) is 0 Å². The minimum atomic E-state index is -0.320. The number of hydrogen-bond donors (Lipinski definition) is 1. The van der Waals surface area contributed by atoms with Crippen molar-refractivity contribution in [1.29, 1.82) is 0 Å². The number of carbonyl (C=O) groups is 1. The molecule has 4 aromatic rings. The highest BCUT2D eigenvalue weighted by Gasteiger charge is 2.07.